The van der Waals surface area contributed by atoms with Gasteiger partial charge in [-0.05, 0) is 48.8 Å². The number of thiophene rings is 1. The van der Waals surface area contributed by atoms with E-state index in [2.05, 4.69) is 18.3 Å². The standard InChI is InChI=1S/C21H22N2O3S/c1-13-7-8-16-17(11-22)21(27-18(16)9-13)23-19(24)12-26-20(25)10-15-6-4-3-5-14(15)2/h3-6,13H,7-10,12H2,1-2H3,(H,23,24)/t13-/m1/s1. The van der Waals surface area contributed by atoms with Gasteiger partial charge in [0.1, 0.15) is 11.1 Å². The Bertz CT molecular complexity index is 911. The van der Waals surface area contributed by atoms with Crippen molar-refractivity contribution in [1.29, 1.82) is 5.26 Å². The molecule has 1 aliphatic rings. The van der Waals surface area contributed by atoms with Crippen LogP contribution in [0.15, 0.2) is 24.3 Å². The zero-order valence-corrected chi connectivity index (χ0v) is 16.3. The second-order valence-electron chi connectivity index (χ2n) is 6.98. The molecule has 1 aromatic carbocycles. The molecule has 0 spiro atoms. The maximum Gasteiger partial charge on any atom is 0.310 e. The first-order valence-electron chi connectivity index (χ1n) is 9.02. The topological polar surface area (TPSA) is 79.2 Å². The first-order chi connectivity index (χ1) is 13.0. The molecule has 6 heteroatoms. The molecule has 27 heavy (non-hydrogen) atoms. The van der Waals surface area contributed by atoms with Gasteiger partial charge in [-0.25, -0.2) is 0 Å². The Morgan fingerprint density at radius 1 is 1.37 bits per heavy atom. The summed E-state index contributed by atoms with van der Waals surface area (Å²) in [5.74, 6) is -0.274. The Labute approximate surface area is 163 Å². The highest BCUT2D eigenvalue weighted by molar-refractivity contribution is 7.16. The van der Waals surface area contributed by atoms with E-state index in [1.165, 1.54) is 16.2 Å². The van der Waals surface area contributed by atoms with E-state index in [1.54, 1.807) is 0 Å². The summed E-state index contributed by atoms with van der Waals surface area (Å²) in [4.78, 5) is 25.4. The van der Waals surface area contributed by atoms with Crippen LogP contribution in [0.2, 0.25) is 0 Å². The number of hydrogen-bond acceptors (Lipinski definition) is 5. The lowest BCUT2D eigenvalue weighted by Crippen LogP contribution is -2.21. The molecule has 1 amide bonds. The molecule has 0 radical (unpaired) electrons. The molecule has 5 nitrogen and oxygen atoms in total. The normalized spacial score (nSPS) is 15.5. The van der Waals surface area contributed by atoms with Crippen LogP contribution in [-0.4, -0.2) is 18.5 Å². The Morgan fingerprint density at radius 2 is 2.15 bits per heavy atom. The minimum Gasteiger partial charge on any atom is -0.455 e. The number of aryl methyl sites for hydroxylation is 1. The lowest BCUT2D eigenvalue weighted by atomic mass is 9.89. The Balaban J connectivity index is 1.58. The van der Waals surface area contributed by atoms with Gasteiger partial charge in [-0.1, -0.05) is 31.2 Å². The summed E-state index contributed by atoms with van der Waals surface area (Å²) in [6.45, 7) is 3.77. The summed E-state index contributed by atoms with van der Waals surface area (Å²) >= 11 is 1.46. The van der Waals surface area contributed by atoms with E-state index < -0.39 is 11.9 Å². The van der Waals surface area contributed by atoms with Gasteiger partial charge in [0.15, 0.2) is 6.61 Å². The number of hydrogen-bond donors (Lipinski definition) is 1. The highest BCUT2D eigenvalue weighted by atomic mass is 32.1. The molecule has 1 aromatic heterocycles. The van der Waals surface area contributed by atoms with Gasteiger partial charge >= 0.3 is 5.97 Å². The van der Waals surface area contributed by atoms with Gasteiger partial charge in [-0.15, -0.1) is 11.3 Å². The maximum atomic E-state index is 12.2. The van der Waals surface area contributed by atoms with Crippen molar-refractivity contribution in [1.82, 2.24) is 0 Å². The van der Waals surface area contributed by atoms with E-state index in [1.807, 2.05) is 31.2 Å². The fourth-order valence-corrected chi connectivity index (χ4v) is 4.66. The molecule has 1 N–H and O–H groups in total. The fraction of sp³-hybridized carbons (Fsp3) is 0.381. The number of nitrogens with zero attached hydrogens (tertiary/aromatic N) is 1. The number of rotatable bonds is 5. The van der Waals surface area contributed by atoms with Gasteiger partial charge in [0.05, 0.1) is 12.0 Å². The summed E-state index contributed by atoms with van der Waals surface area (Å²) in [5, 5.41) is 12.8. The molecule has 0 saturated carbocycles. The second kappa shape index (κ2) is 8.36. The van der Waals surface area contributed by atoms with E-state index in [9.17, 15) is 14.9 Å². The highest BCUT2D eigenvalue weighted by Crippen LogP contribution is 2.39. The van der Waals surface area contributed by atoms with Crippen molar-refractivity contribution in [2.24, 2.45) is 5.92 Å². The summed E-state index contributed by atoms with van der Waals surface area (Å²) in [7, 11) is 0. The summed E-state index contributed by atoms with van der Waals surface area (Å²) in [6, 6.07) is 9.79. The van der Waals surface area contributed by atoms with Crippen LogP contribution in [0.3, 0.4) is 0 Å². The molecule has 0 bridgehead atoms. The number of ether oxygens (including phenoxy) is 1. The van der Waals surface area contributed by atoms with Gasteiger partial charge in [-0.2, -0.15) is 5.26 Å². The van der Waals surface area contributed by atoms with Crippen molar-refractivity contribution in [2.75, 3.05) is 11.9 Å². The Hall–Kier alpha value is -2.65. The number of anilines is 1. The molecule has 1 heterocycles. The van der Waals surface area contributed by atoms with Crippen LogP contribution in [0.25, 0.3) is 0 Å². The largest absolute Gasteiger partial charge is 0.455 e. The van der Waals surface area contributed by atoms with E-state index in [0.717, 1.165) is 36.0 Å². The van der Waals surface area contributed by atoms with Crippen molar-refractivity contribution >= 4 is 28.2 Å². The van der Waals surface area contributed by atoms with Crippen LogP contribution in [0.4, 0.5) is 5.00 Å². The third-order valence-electron chi connectivity index (χ3n) is 4.84. The molecular weight excluding hydrogens is 360 g/mol. The van der Waals surface area contributed by atoms with E-state index >= 15 is 0 Å². The monoisotopic (exact) mass is 382 g/mol. The predicted octanol–water partition coefficient (Wildman–Crippen LogP) is 3.78. The first kappa shape index (κ1) is 19.1. The number of fused-ring (bicyclic) bond motifs is 1. The molecule has 3 rings (SSSR count). The van der Waals surface area contributed by atoms with Crippen LogP contribution in [-0.2, 0) is 33.6 Å². The lowest BCUT2D eigenvalue weighted by Gasteiger charge is -2.17. The number of amides is 1. The molecular formula is C21H22N2O3S. The van der Waals surface area contributed by atoms with Crippen molar-refractivity contribution in [3.63, 3.8) is 0 Å². The molecule has 0 fully saturated rings. The molecule has 0 aliphatic heterocycles. The summed E-state index contributed by atoms with van der Waals surface area (Å²) in [6.07, 6.45) is 3.00. The molecule has 1 aliphatic carbocycles. The number of nitriles is 1. The quantitative estimate of drug-likeness (QED) is 0.798. The van der Waals surface area contributed by atoms with Crippen LogP contribution in [0.1, 0.15) is 40.5 Å². The van der Waals surface area contributed by atoms with Crippen molar-refractivity contribution in [3.8, 4) is 6.07 Å². The molecule has 140 valence electrons. The van der Waals surface area contributed by atoms with Gasteiger partial charge in [0.2, 0.25) is 0 Å². The predicted molar refractivity (Wildman–Crippen MR) is 105 cm³/mol. The van der Waals surface area contributed by atoms with E-state index in [0.29, 0.717) is 16.5 Å². The summed E-state index contributed by atoms with van der Waals surface area (Å²) in [5.41, 5.74) is 3.51. The van der Waals surface area contributed by atoms with Crippen molar-refractivity contribution < 1.29 is 14.3 Å². The van der Waals surface area contributed by atoms with Crippen LogP contribution in [0, 0.1) is 24.2 Å². The second-order valence-corrected chi connectivity index (χ2v) is 8.08. The fourth-order valence-electron chi connectivity index (χ4n) is 3.28. The third-order valence-corrected chi connectivity index (χ3v) is 6.01. The third kappa shape index (κ3) is 4.55. The van der Waals surface area contributed by atoms with Crippen LogP contribution >= 0.6 is 11.3 Å². The van der Waals surface area contributed by atoms with Crippen molar-refractivity contribution in [3.05, 3.63) is 51.4 Å². The molecule has 1 atom stereocenters. The molecule has 2 aromatic rings. The minimum absolute atomic E-state index is 0.134. The number of nitrogens with one attached hydrogen (secondary N) is 1. The highest BCUT2D eigenvalue weighted by Gasteiger charge is 2.24. The first-order valence-corrected chi connectivity index (χ1v) is 9.84. The van der Waals surface area contributed by atoms with E-state index in [-0.39, 0.29) is 13.0 Å². The van der Waals surface area contributed by atoms with Crippen molar-refractivity contribution in [2.45, 2.75) is 39.5 Å². The molecule has 0 unspecified atom stereocenters. The number of carbonyl (C=O) groups excluding carboxylic acids is 2. The summed E-state index contributed by atoms with van der Waals surface area (Å²) < 4.78 is 5.10. The zero-order valence-electron chi connectivity index (χ0n) is 15.5. The van der Waals surface area contributed by atoms with E-state index in [4.69, 9.17) is 4.74 Å². The average molecular weight is 382 g/mol. The Morgan fingerprint density at radius 3 is 2.89 bits per heavy atom. The molecule has 0 saturated heterocycles. The SMILES string of the molecule is Cc1ccccc1CC(=O)OCC(=O)Nc1sc2c(c1C#N)CC[C@@H](C)C2. The van der Waals surface area contributed by atoms with Gasteiger partial charge in [0.25, 0.3) is 5.91 Å². The number of esters is 1. The number of carbonyl (C=O) groups is 2. The Kier molecular flexibility index (Phi) is 5.92. The smallest absolute Gasteiger partial charge is 0.310 e. The van der Waals surface area contributed by atoms with Crippen LogP contribution in [0.5, 0.6) is 0 Å². The van der Waals surface area contributed by atoms with Gasteiger partial charge < -0.3 is 10.1 Å². The maximum absolute atomic E-state index is 12.2. The van der Waals surface area contributed by atoms with Gasteiger partial charge in [0, 0.05) is 4.88 Å². The lowest BCUT2D eigenvalue weighted by molar-refractivity contribution is -0.146. The minimum atomic E-state index is -0.445. The zero-order chi connectivity index (χ0) is 19.4. The number of benzene rings is 1. The van der Waals surface area contributed by atoms with Gasteiger partial charge in [-0.3, -0.25) is 9.59 Å². The average Bonchev–Trinajstić information content (AvgIpc) is 2.97. The van der Waals surface area contributed by atoms with Crippen LogP contribution < -0.4 is 5.32 Å².